The number of piperidine rings is 1. The standard InChI is InChI=1S/C32H41NO3Si/c1-31(2,3)37(26-17-11-7-12-18-26,27-19-13-8-14-20-27)36-25-21-28(24-15-9-6-10-16-24)33-29(22-25)30-23-34-32(4,5)35-30/h6-20,25,28-30,33H,21-23H2,1-5H3/t25-,28-,29+,30+/m0/s1. The lowest BCUT2D eigenvalue weighted by Gasteiger charge is -2.48. The summed E-state index contributed by atoms with van der Waals surface area (Å²) in [4.78, 5) is 0. The molecule has 196 valence electrons. The van der Waals surface area contributed by atoms with Crippen LogP contribution in [-0.4, -0.2) is 39.0 Å². The second-order valence-electron chi connectivity index (χ2n) is 12.0. The maximum absolute atomic E-state index is 7.61. The molecule has 37 heavy (non-hydrogen) atoms. The third-order valence-electron chi connectivity index (χ3n) is 7.87. The molecule has 0 bridgehead atoms. The van der Waals surface area contributed by atoms with Crippen LogP contribution >= 0.6 is 0 Å². The summed E-state index contributed by atoms with van der Waals surface area (Å²) in [5.74, 6) is -0.555. The molecule has 2 aliphatic heterocycles. The lowest BCUT2D eigenvalue weighted by Crippen LogP contribution is -2.68. The van der Waals surface area contributed by atoms with E-state index in [0.717, 1.165) is 12.8 Å². The summed E-state index contributed by atoms with van der Waals surface area (Å²) in [5, 5.41) is 6.49. The highest BCUT2D eigenvalue weighted by molar-refractivity contribution is 6.99. The monoisotopic (exact) mass is 515 g/mol. The minimum atomic E-state index is -2.66. The molecule has 0 radical (unpaired) electrons. The Morgan fingerprint density at radius 1 is 0.811 bits per heavy atom. The third kappa shape index (κ3) is 5.47. The second kappa shape index (κ2) is 10.5. The molecule has 0 spiro atoms. The van der Waals surface area contributed by atoms with E-state index in [0.29, 0.717) is 6.61 Å². The van der Waals surface area contributed by atoms with Crippen molar-refractivity contribution in [3.05, 3.63) is 96.6 Å². The van der Waals surface area contributed by atoms with Crippen molar-refractivity contribution >= 4 is 18.7 Å². The molecule has 4 atom stereocenters. The summed E-state index contributed by atoms with van der Waals surface area (Å²) in [6.45, 7) is 11.6. The van der Waals surface area contributed by atoms with Gasteiger partial charge in [-0.1, -0.05) is 112 Å². The zero-order valence-corrected chi connectivity index (χ0v) is 23.8. The molecule has 2 saturated heterocycles. The van der Waals surface area contributed by atoms with Crippen LogP contribution in [0.1, 0.15) is 59.1 Å². The number of nitrogens with one attached hydrogen (secondary N) is 1. The van der Waals surface area contributed by atoms with Crippen LogP contribution in [0, 0.1) is 0 Å². The maximum atomic E-state index is 7.61. The zero-order chi connectivity index (χ0) is 26.1. The number of ether oxygens (including phenoxy) is 2. The molecule has 5 rings (SSSR count). The van der Waals surface area contributed by atoms with E-state index in [4.69, 9.17) is 13.9 Å². The fourth-order valence-corrected chi connectivity index (χ4v) is 10.9. The number of benzene rings is 3. The van der Waals surface area contributed by atoms with E-state index in [9.17, 15) is 0 Å². The van der Waals surface area contributed by atoms with Crippen LogP contribution in [0.25, 0.3) is 0 Å². The largest absolute Gasteiger partial charge is 0.404 e. The van der Waals surface area contributed by atoms with Crippen LogP contribution < -0.4 is 15.7 Å². The summed E-state index contributed by atoms with van der Waals surface area (Å²) in [7, 11) is -2.66. The van der Waals surface area contributed by atoms with Crippen LogP contribution in [0.5, 0.6) is 0 Å². The maximum Gasteiger partial charge on any atom is 0.261 e. The SMILES string of the molecule is CC1(C)OC[C@H]([C@H]2C[C@@H](O[Si](c3ccccc3)(c3ccccc3)C(C)(C)C)C[C@@H](c3ccccc3)N2)O1. The average Bonchev–Trinajstić information content (AvgIpc) is 3.27. The lowest BCUT2D eigenvalue weighted by molar-refractivity contribution is -0.144. The molecule has 3 aromatic carbocycles. The van der Waals surface area contributed by atoms with Crippen molar-refractivity contribution in [1.29, 1.82) is 0 Å². The van der Waals surface area contributed by atoms with Gasteiger partial charge in [0.2, 0.25) is 0 Å². The zero-order valence-electron chi connectivity index (χ0n) is 22.8. The van der Waals surface area contributed by atoms with Crippen molar-refractivity contribution in [1.82, 2.24) is 5.32 Å². The minimum absolute atomic E-state index is 0.00762. The summed E-state index contributed by atoms with van der Waals surface area (Å²) in [6.07, 6.45) is 1.88. The topological polar surface area (TPSA) is 39.7 Å². The van der Waals surface area contributed by atoms with Gasteiger partial charge in [-0.05, 0) is 47.7 Å². The van der Waals surface area contributed by atoms with Gasteiger partial charge in [0.05, 0.1) is 12.7 Å². The molecule has 0 saturated carbocycles. The highest BCUT2D eigenvalue weighted by atomic mass is 28.4. The van der Waals surface area contributed by atoms with Gasteiger partial charge in [0.15, 0.2) is 5.79 Å². The molecular formula is C32H41NO3Si. The Bertz CT molecular complexity index is 1110. The summed E-state index contributed by atoms with van der Waals surface area (Å²) in [5.41, 5.74) is 1.29. The van der Waals surface area contributed by atoms with E-state index < -0.39 is 14.1 Å². The molecule has 2 heterocycles. The molecule has 2 aliphatic rings. The number of hydrogen-bond donors (Lipinski definition) is 1. The van der Waals surface area contributed by atoms with E-state index in [1.807, 2.05) is 13.8 Å². The van der Waals surface area contributed by atoms with E-state index in [-0.39, 0.29) is 29.3 Å². The Labute approximate surface area is 223 Å². The van der Waals surface area contributed by atoms with Crippen LogP contribution in [0.4, 0.5) is 0 Å². The van der Waals surface area contributed by atoms with Gasteiger partial charge in [-0.3, -0.25) is 0 Å². The smallest absolute Gasteiger partial charge is 0.261 e. The van der Waals surface area contributed by atoms with Crippen molar-refractivity contribution in [3.63, 3.8) is 0 Å². The normalized spacial score (nSPS) is 26.2. The second-order valence-corrected chi connectivity index (χ2v) is 16.2. The van der Waals surface area contributed by atoms with Crippen LogP contribution in [0.2, 0.25) is 5.04 Å². The first-order valence-corrected chi connectivity index (χ1v) is 15.5. The van der Waals surface area contributed by atoms with Gasteiger partial charge in [0.25, 0.3) is 8.32 Å². The number of rotatable bonds is 6. The molecule has 4 nitrogen and oxygen atoms in total. The first-order valence-electron chi connectivity index (χ1n) is 13.6. The Morgan fingerprint density at radius 3 is 1.84 bits per heavy atom. The Morgan fingerprint density at radius 2 is 1.35 bits per heavy atom. The van der Waals surface area contributed by atoms with Gasteiger partial charge in [-0.15, -0.1) is 0 Å². The van der Waals surface area contributed by atoms with Crippen molar-refractivity contribution in [3.8, 4) is 0 Å². The van der Waals surface area contributed by atoms with Gasteiger partial charge in [-0.25, -0.2) is 0 Å². The Hall–Kier alpha value is -2.28. The van der Waals surface area contributed by atoms with Gasteiger partial charge in [0, 0.05) is 18.2 Å². The van der Waals surface area contributed by atoms with E-state index in [1.165, 1.54) is 15.9 Å². The van der Waals surface area contributed by atoms with Crippen molar-refractivity contribution in [2.75, 3.05) is 6.61 Å². The molecule has 0 aliphatic carbocycles. The molecule has 0 aromatic heterocycles. The molecule has 5 heteroatoms. The first-order chi connectivity index (χ1) is 17.7. The van der Waals surface area contributed by atoms with Crippen molar-refractivity contribution in [2.24, 2.45) is 0 Å². The van der Waals surface area contributed by atoms with Crippen LogP contribution in [-0.2, 0) is 13.9 Å². The predicted octanol–water partition coefficient (Wildman–Crippen LogP) is 5.58. The summed E-state index contributed by atoms with van der Waals surface area (Å²) >= 11 is 0. The van der Waals surface area contributed by atoms with Gasteiger partial charge in [0.1, 0.15) is 0 Å². The third-order valence-corrected chi connectivity index (χ3v) is 13.0. The molecule has 2 fully saturated rings. The molecule has 0 amide bonds. The average molecular weight is 516 g/mol. The van der Waals surface area contributed by atoms with E-state index in [1.54, 1.807) is 0 Å². The van der Waals surface area contributed by atoms with Crippen LogP contribution in [0.15, 0.2) is 91.0 Å². The summed E-state index contributed by atoms with van der Waals surface area (Å²) < 4.78 is 20.0. The Kier molecular flexibility index (Phi) is 7.45. The lowest BCUT2D eigenvalue weighted by atomic mass is 9.89. The van der Waals surface area contributed by atoms with Gasteiger partial charge >= 0.3 is 0 Å². The fraction of sp³-hybridized carbons (Fsp3) is 0.438. The summed E-state index contributed by atoms with van der Waals surface area (Å²) in [6, 6.07) is 33.0. The van der Waals surface area contributed by atoms with Gasteiger partial charge in [-0.2, -0.15) is 0 Å². The van der Waals surface area contributed by atoms with Crippen molar-refractivity contribution in [2.45, 2.75) is 82.6 Å². The fourth-order valence-electron chi connectivity index (χ4n) is 6.16. The molecule has 0 unspecified atom stereocenters. The van der Waals surface area contributed by atoms with E-state index in [2.05, 4.69) is 117 Å². The molecular weight excluding hydrogens is 474 g/mol. The predicted molar refractivity (Wildman–Crippen MR) is 153 cm³/mol. The quantitative estimate of drug-likeness (QED) is 0.435. The van der Waals surface area contributed by atoms with Crippen molar-refractivity contribution < 1.29 is 13.9 Å². The van der Waals surface area contributed by atoms with E-state index >= 15 is 0 Å². The minimum Gasteiger partial charge on any atom is -0.404 e. The first kappa shape index (κ1) is 26.3. The highest BCUT2D eigenvalue weighted by Gasteiger charge is 2.53. The molecule has 1 N–H and O–H groups in total. The number of hydrogen-bond acceptors (Lipinski definition) is 4. The Balaban J connectivity index is 1.55. The molecule has 3 aromatic rings. The highest BCUT2D eigenvalue weighted by Crippen LogP contribution is 2.41. The van der Waals surface area contributed by atoms with Gasteiger partial charge < -0.3 is 19.2 Å². The van der Waals surface area contributed by atoms with Crippen LogP contribution in [0.3, 0.4) is 0 Å².